The van der Waals surface area contributed by atoms with E-state index in [0.29, 0.717) is 59.4 Å². The minimum atomic E-state index is -0.693. The van der Waals surface area contributed by atoms with Gasteiger partial charge < -0.3 is 14.8 Å². The van der Waals surface area contributed by atoms with Gasteiger partial charge in [-0.1, -0.05) is 74.0 Å². The zero-order valence-corrected chi connectivity index (χ0v) is 25.9. The maximum atomic E-state index is 14.5. The zero-order chi connectivity index (χ0) is 30.8. The number of hydrogen-bond acceptors (Lipinski definition) is 5. The van der Waals surface area contributed by atoms with Crippen molar-refractivity contribution in [1.29, 1.82) is 0 Å². The highest BCUT2D eigenvalue weighted by atomic mass is 35.5. The summed E-state index contributed by atoms with van der Waals surface area (Å²) >= 11 is 6.06. The number of benzene rings is 4. The van der Waals surface area contributed by atoms with Gasteiger partial charge in [-0.3, -0.25) is 14.5 Å². The number of Topliss-reactive ketones (excluding diaryl/α,β-unsaturated/α-hetero) is 1. The molecule has 1 aliphatic carbocycles. The van der Waals surface area contributed by atoms with Crippen molar-refractivity contribution in [1.82, 2.24) is 0 Å². The lowest BCUT2D eigenvalue weighted by Gasteiger charge is -2.37. The van der Waals surface area contributed by atoms with Gasteiger partial charge in [0, 0.05) is 28.3 Å². The number of allylic oxidation sites excluding steroid dienone is 1. The number of anilines is 2. The summed E-state index contributed by atoms with van der Waals surface area (Å²) in [4.78, 5) is 30.3. The molecule has 0 spiro atoms. The van der Waals surface area contributed by atoms with Crippen molar-refractivity contribution in [2.24, 2.45) is 5.41 Å². The molecule has 0 bridgehead atoms. The molecule has 2 aliphatic rings. The van der Waals surface area contributed by atoms with Crippen LogP contribution in [0.1, 0.15) is 61.1 Å². The standard InChI is InChI=1S/C37H35ClN2O4/c1-4-43-33-20-26(16-19-32(33)44-23-24-14-17-27(38)18-15-24)35-34-29(21-37(2,3)22-31(34)41)39-28-12-8-9-13-30(28)40(35)36(42)25-10-6-5-7-11-25/h5-20,35,39H,4,21-23H2,1-3H3. The fraction of sp³-hybridized carbons (Fsp3) is 0.243. The molecule has 1 atom stereocenters. The van der Waals surface area contributed by atoms with Gasteiger partial charge in [0.2, 0.25) is 0 Å². The average Bonchev–Trinajstić information content (AvgIpc) is 3.15. The molecule has 6 rings (SSSR count). The minimum Gasteiger partial charge on any atom is -0.490 e. The number of halogens is 1. The first-order valence-corrected chi connectivity index (χ1v) is 15.3. The van der Waals surface area contributed by atoms with Crippen molar-refractivity contribution in [2.45, 2.75) is 46.3 Å². The van der Waals surface area contributed by atoms with E-state index in [2.05, 4.69) is 19.2 Å². The molecule has 7 heteroatoms. The van der Waals surface area contributed by atoms with Crippen molar-refractivity contribution in [3.05, 3.63) is 130 Å². The third-order valence-electron chi connectivity index (χ3n) is 8.03. The van der Waals surface area contributed by atoms with Crippen molar-refractivity contribution >= 4 is 34.7 Å². The monoisotopic (exact) mass is 606 g/mol. The van der Waals surface area contributed by atoms with Crippen LogP contribution in [0.5, 0.6) is 11.5 Å². The minimum absolute atomic E-state index is 0.0217. The first kappa shape index (κ1) is 29.5. The fourth-order valence-electron chi connectivity index (χ4n) is 6.07. The number of para-hydroxylation sites is 2. The van der Waals surface area contributed by atoms with Gasteiger partial charge in [-0.25, -0.2) is 0 Å². The number of carbonyl (C=O) groups excluding carboxylic acids is 2. The number of nitrogens with one attached hydrogen (secondary N) is 1. The maximum Gasteiger partial charge on any atom is 0.259 e. The third-order valence-corrected chi connectivity index (χ3v) is 8.28. The molecule has 4 aromatic carbocycles. The van der Waals surface area contributed by atoms with Crippen molar-refractivity contribution in [3.8, 4) is 11.5 Å². The van der Waals surface area contributed by atoms with E-state index in [4.69, 9.17) is 21.1 Å². The van der Waals surface area contributed by atoms with Crippen LogP contribution < -0.4 is 19.7 Å². The number of fused-ring (bicyclic) bond motifs is 1. The lowest BCUT2D eigenvalue weighted by Crippen LogP contribution is -2.39. The Morgan fingerprint density at radius 1 is 0.909 bits per heavy atom. The van der Waals surface area contributed by atoms with E-state index in [1.54, 1.807) is 17.0 Å². The summed E-state index contributed by atoms with van der Waals surface area (Å²) in [6.45, 7) is 6.88. The Labute approximate surface area is 263 Å². The molecule has 0 saturated carbocycles. The maximum absolute atomic E-state index is 14.5. The number of carbonyl (C=O) groups is 2. The smallest absolute Gasteiger partial charge is 0.259 e. The van der Waals surface area contributed by atoms with E-state index in [9.17, 15) is 9.59 Å². The van der Waals surface area contributed by atoms with Crippen molar-refractivity contribution < 1.29 is 19.1 Å². The summed E-state index contributed by atoms with van der Waals surface area (Å²) in [5.41, 5.74) is 4.96. The molecule has 1 heterocycles. The first-order valence-electron chi connectivity index (χ1n) is 14.9. The molecular formula is C37H35ClN2O4. The van der Waals surface area contributed by atoms with Crippen LogP contribution in [-0.2, 0) is 11.4 Å². The molecule has 224 valence electrons. The van der Waals surface area contributed by atoms with E-state index in [0.717, 1.165) is 22.5 Å². The quantitative estimate of drug-likeness (QED) is 0.228. The lowest BCUT2D eigenvalue weighted by molar-refractivity contribution is -0.118. The van der Waals surface area contributed by atoms with Gasteiger partial charge in [0.1, 0.15) is 6.61 Å². The zero-order valence-electron chi connectivity index (χ0n) is 25.1. The van der Waals surface area contributed by atoms with Crippen molar-refractivity contribution in [2.75, 3.05) is 16.8 Å². The van der Waals surface area contributed by atoms with Gasteiger partial charge in [-0.15, -0.1) is 0 Å². The van der Waals surface area contributed by atoms with Gasteiger partial charge in [0.15, 0.2) is 17.3 Å². The third kappa shape index (κ3) is 5.95. The van der Waals surface area contributed by atoms with Crippen LogP contribution in [0.25, 0.3) is 0 Å². The van der Waals surface area contributed by atoms with Gasteiger partial charge in [0.25, 0.3) is 5.91 Å². The second kappa shape index (κ2) is 12.2. The molecule has 0 saturated heterocycles. The molecule has 4 aromatic rings. The van der Waals surface area contributed by atoms with Gasteiger partial charge in [-0.05, 0) is 78.4 Å². The summed E-state index contributed by atoms with van der Waals surface area (Å²) in [6, 6.07) is 29.4. The number of hydrogen-bond donors (Lipinski definition) is 1. The largest absolute Gasteiger partial charge is 0.490 e. The highest BCUT2D eigenvalue weighted by molar-refractivity contribution is 6.30. The van der Waals surface area contributed by atoms with Crippen molar-refractivity contribution in [3.63, 3.8) is 0 Å². The van der Waals surface area contributed by atoms with Crippen LogP contribution in [0, 0.1) is 5.41 Å². The average molecular weight is 607 g/mol. The molecule has 0 radical (unpaired) electrons. The summed E-state index contributed by atoms with van der Waals surface area (Å²) in [7, 11) is 0. The predicted octanol–water partition coefficient (Wildman–Crippen LogP) is 8.77. The van der Waals surface area contributed by atoms with Crippen LogP contribution in [0.15, 0.2) is 108 Å². The molecule has 1 aliphatic heterocycles. The topological polar surface area (TPSA) is 67.9 Å². The van der Waals surface area contributed by atoms with E-state index in [-0.39, 0.29) is 17.1 Å². The van der Waals surface area contributed by atoms with Gasteiger partial charge in [0.05, 0.1) is 24.0 Å². The summed E-state index contributed by atoms with van der Waals surface area (Å²) in [6.07, 6.45) is 1.06. The molecule has 1 amide bonds. The Bertz CT molecular complexity index is 1730. The molecule has 0 fully saturated rings. The molecule has 0 aromatic heterocycles. The van der Waals surface area contributed by atoms with Gasteiger partial charge >= 0.3 is 0 Å². The number of rotatable bonds is 7. The summed E-state index contributed by atoms with van der Waals surface area (Å²) < 4.78 is 12.3. The Kier molecular flexibility index (Phi) is 8.19. The highest BCUT2D eigenvalue weighted by Gasteiger charge is 2.43. The Hall–Kier alpha value is -4.55. The Morgan fingerprint density at radius 2 is 1.64 bits per heavy atom. The predicted molar refractivity (Wildman–Crippen MR) is 175 cm³/mol. The Morgan fingerprint density at radius 3 is 2.39 bits per heavy atom. The van der Waals surface area contributed by atoms with Crippen LogP contribution >= 0.6 is 11.6 Å². The van der Waals surface area contributed by atoms with E-state index in [1.807, 2.05) is 91.9 Å². The second-order valence-corrected chi connectivity index (χ2v) is 12.4. The lowest BCUT2D eigenvalue weighted by atomic mass is 9.73. The van der Waals surface area contributed by atoms with Crippen LogP contribution in [0.4, 0.5) is 11.4 Å². The van der Waals surface area contributed by atoms with Crippen LogP contribution in [-0.4, -0.2) is 18.3 Å². The second-order valence-electron chi connectivity index (χ2n) is 12.0. The Balaban J connectivity index is 1.50. The molecule has 44 heavy (non-hydrogen) atoms. The first-order chi connectivity index (χ1) is 21.2. The van der Waals surface area contributed by atoms with E-state index >= 15 is 0 Å². The summed E-state index contributed by atoms with van der Waals surface area (Å²) in [5.74, 6) is 0.942. The fourth-order valence-corrected chi connectivity index (χ4v) is 6.20. The summed E-state index contributed by atoms with van der Waals surface area (Å²) in [5, 5.41) is 4.24. The number of amides is 1. The number of ether oxygens (including phenoxy) is 2. The normalized spacial score (nSPS) is 17.2. The molecule has 6 nitrogen and oxygen atoms in total. The van der Waals surface area contributed by atoms with Crippen LogP contribution in [0.3, 0.4) is 0 Å². The van der Waals surface area contributed by atoms with E-state index < -0.39 is 6.04 Å². The highest BCUT2D eigenvalue weighted by Crippen LogP contribution is 2.49. The van der Waals surface area contributed by atoms with Crippen LogP contribution in [0.2, 0.25) is 5.02 Å². The van der Waals surface area contributed by atoms with Gasteiger partial charge in [-0.2, -0.15) is 0 Å². The SMILES string of the molecule is CCOc1cc(C2C3=C(CC(C)(C)CC3=O)Nc3ccccc3N2C(=O)c2ccccc2)ccc1OCc1ccc(Cl)cc1. The number of nitrogens with zero attached hydrogens (tertiary/aromatic N) is 1. The van der Waals surface area contributed by atoms with E-state index in [1.165, 1.54) is 0 Å². The molecule has 1 unspecified atom stereocenters. The molecular weight excluding hydrogens is 572 g/mol. The molecule has 1 N–H and O–H groups in total. The number of ketones is 1.